The molecular formula is C18H34N6O8. The van der Waals surface area contributed by atoms with Crippen LogP contribution in [0.3, 0.4) is 0 Å². The highest BCUT2D eigenvalue weighted by molar-refractivity contribution is 5.78. The van der Waals surface area contributed by atoms with Gasteiger partial charge in [0.05, 0.1) is 26.2 Å². The minimum Gasteiger partial charge on any atom is -0.480 e. The van der Waals surface area contributed by atoms with Crippen LogP contribution >= 0.6 is 0 Å². The molecule has 184 valence electrons. The first-order chi connectivity index (χ1) is 15.2. The van der Waals surface area contributed by atoms with Crippen LogP contribution in [0.15, 0.2) is 0 Å². The molecule has 32 heavy (non-hydrogen) atoms. The van der Waals surface area contributed by atoms with Crippen molar-refractivity contribution in [1.29, 1.82) is 0 Å². The third kappa shape index (κ3) is 13.1. The summed E-state index contributed by atoms with van der Waals surface area (Å²) in [4.78, 5) is 52.7. The van der Waals surface area contributed by atoms with Crippen molar-refractivity contribution in [2.24, 2.45) is 0 Å². The zero-order chi connectivity index (χ0) is 23.9. The van der Waals surface area contributed by atoms with Crippen molar-refractivity contribution in [1.82, 2.24) is 30.4 Å². The Morgan fingerprint density at radius 3 is 1.16 bits per heavy atom. The van der Waals surface area contributed by atoms with Gasteiger partial charge in [0, 0.05) is 65.4 Å². The Balaban J connectivity index is 2.89. The van der Waals surface area contributed by atoms with E-state index in [1.54, 1.807) is 14.7 Å². The molecule has 0 aromatic heterocycles. The Kier molecular flexibility index (Phi) is 13.4. The van der Waals surface area contributed by atoms with Gasteiger partial charge in [-0.1, -0.05) is 0 Å². The van der Waals surface area contributed by atoms with Crippen LogP contribution in [-0.2, 0) is 19.2 Å². The number of carboxylic acids is 3. The zero-order valence-electron chi connectivity index (χ0n) is 18.1. The van der Waals surface area contributed by atoms with Crippen LogP contribution in [0.2, 0.25) is 0 Å². The Morgan fingerprint density at radius 1 is 0.562 bits per heavy atom. The number of nitrogens with zero attached hydrogens (tertiary/aromatic N) is 4. The summed E-state index contributed by atoms with van der Waals surface area (Å²) < 4.78 is 0. The summed E-state index contributed by atoms with van der Waals surface area (Å²) in [6.07, 6.45) is 0. The minimum absolute atomic E-state index is 0.0401. The monoisotopic (exact) mass is 462 g/mol. The first kappa shape index (κ1) is 27.7. The van der Waals surface area contributed by atoms with Crippen molar-refractivity contribution < 1.29 is 39.7 Å². The number of carbonyl (C=O) groups is 4. The van der Waals surface area contributed by atoms with Crippen LogP contribution in [0.1, 0.15) is 0 Å². The fraction of sp³-hybridized carbons (Fsp3) is 0.778. The molecule has 0 unspecified atom stereocenters. The van der Waals surface area contributed by atoms with Gasteiger partial charge in [0.1, 0.15) is 0 Å². The molecule has 0 saturated carbocycles. The maximum atomic E-state index is 12.2. The normalized spacial score (nSPS) is 18.4. The molecule has 0 spiro atoms. The highest BCUT2D eigenvalue weighted by Gasteiger charge is 2.20. The van der Waals surface area contributed by atoms with Gasteiger partial charge in [-0.25, -0.2) is 5.48 Å². The molecule has 0 aromatic rings. The number of hydrogen-bond acceptors (Lipinski definition) is 10. The quantitative estimate of drug-likeness (QED) is 0.132. The molecule has 0 radical (unpaired) electrons. The fourth-order valence-corrected chi connectivity index (χ4v) is 3.30. The number of amides is 1. The molecule has 1 heterocycles. The molecule has 1 aliphatic rings. The summed E-state index contributed by atoms with van der Waals surface area (Å²) in [7, 11) is 0. The maximum Gasteiger partial charge on any atom is 0.317 e. The van der Waals surface area contributed by atoms with Gasteiger partial charge in [-0.2, -0.15) is 0 Å². The van der Waals surface area contributed by atoms with Crippen molar-refractivity contribution in [3.05, 3.63) is 0 Å². The van der Waals surface area contributed by atoms with E-state index in [9.17, 15) is 29.4 Å². The van der Waals surface area contributed by atoms with Gasteiger partial charge in [-0.05, 0) is 0 Å². The number of rotatable bonds is 11. The number of nitrogens with one attached hydrogen (secondary N) is 2. The first-order valence-corrected chi connectivity index (χ1v) is 10.4. The molecule has 1 saturated heterocycles. The van der Waals surface area contributed by atoms with E-state index in [0.29, 0.717) is 52.4 Å². The third-order valence-corrected chi connectivity index (χ3v) is 4.93. The summed E-state index contributed by atoms with van der Waals surface area (Å²) in [5.41, 5.74) is 1.94. The third-order valence-electron chi connectivity index (χ3n) is 4.93. The molecule has 0 aliphatic carbocycles. The summed E-state index contributed by atoms with van der Waals surface area (Å²) in [5, 5.41) is 38.8. The predicted molar refractivity (Wildman–Crippen MR) is 111 cm³/mol. The Labute approximate surface area is 186 Å². The lowest BCUT2D eigenvalue weighted by Crippen LogP contribution is -2.50. The van der Waals surface area contributed by atoms with E-state index in [1.165, 1.54) is 0 Å². The van der Waals surface area contributed by atoms with Gasteiger partial charge >= 0.3 is 17.9 Å². The van der Waals surface area contributed by atoms with Gasteiger partial charge in [0.15, 0.2) is 0 Å². The summed E-state index contributed by atoms with van der Waals surface area (Å²) in [6.45, 7) is 2.52. The smallest absolute Gasteiger partial charge is 0.317 e. The molecule has 0 atom stereocenters. The van der Waals surface area contributed by atoms with Crippen LogP contribution in [0.4, 0.5) is 0 Å². The number of hydroxylamine groups is 1. The molecular weight excluding hydrogens is 428 g/mol. The van der Waals surface area contributed by atoms with Crippen LogP contribution in [0.5, 0.6) is 0 Å². The van der Waals surface area contributed by atoms with Crippen LogP contribution in [0, 0.1) is 0 Å². The maximum absolute atomic E-state index is 12.2. The SMILES string of the molecule is O=C(O)CN1CCN(CC(=O)O)CCN(CC(=O)NCCNO)CCN(CC(=O)O)CC1. The Morgan fingerprint density at radius 2 is 0.875 bits per heavy atom. The Bertz CT molecular complexity index is 590. The van der Waals surface area contributed by atoms with Crippen LogP contribution in [0.25, 0.3) is 0 Å². The highest BCUT2D eigenvalue weighted by atomic mass is 16.5. The number of hydrogen-bond donors (Lipinski definition) is 6. The van der Waals surface area contributed by atoms with Crippen LogP contribution < -0.4 is 10.8 Å². The zero-order valence-corrected chi connectivity index (χ0v) is 18.1. The lowest BCUT2D eigenvalue weighted by molar-refractivity contribution is -0.140. The molecule has 1 fully saturated rings. The fourth-order valence-electron chi connectivity index (χ4n) is 3.30. The van der Waals surface area contributed by atoms with Gasteiger partial charge in [0.2, 0.25) is 5.91 Å². The molecule has 0 bridgehead atoms. The second-order valence-electron chi connectivity index (χ2n) is 7.54. The lowest BCUT2D eigenvalue weighted by atomic mass is 10.3. The molecule has 14 nitrogen and oxygen atoms in total. The number of carbonyl (C=O) groups excluding carboxylic acids is 1. The molecule has 1 rings (SSSR count). The average Bonchev–Trinajstić information content (AvgIpc) is 2.69. The van der Waals surface area contributed by atoms with Gasteiger partial charge in [-0.15, -0.1) is 0 Å². The van der Waals surface area contributed by atoms with E-state index in [4.69, 9.17) is 10.3 Å². The second kappa shape index (κ2) is 15.4. The van der Waals surface area contributed by atoms with Gasteiger partial charge < -0.3 is 25.8 Å². The van der Waals surface area contributed by atoms with E-state index in [1.807, 2.05) is 10.4 Å². The number of aliphatic carboxylic acids is 3. The first-order valence-electron chi connectivity index (χ1n) is 10.4. The topological polar surface area (TPSA) is 186 Å². The summed E-state index contributed by atoms with van der Waals surface area (Å²) in [6, 6.07) is 0. The molecule has 1 aliphatic heterocycles. The molecule has 1 amide bonds. The predicted octanol–water partition coefficient (Wildman–Crippen LogP) is -3.44. The van der Waals surface area contributed by atoms with Crippen molar-refractivity contribution in [3.8, 4) is 0 Å². The summed E-state index contributed by atoms with van der Waals surface area (Å²) >= 11 is 0. The van der Waals surface area contributed by atoms with E-state index >= 15 is 0 Å². The highest BCUT2D eigenvalue weighted by Crippen LogP contribution is 2.01. The standard InChI is InChI=1S/C18H34N6O8/c25-15(19-1-2-20-32)11-21-3-5-22(12-16(26)27)7-9-24(14-18(30)31)10-8-23(6-4-21)13-17(28)29/h20,32H,1-14H2,(H,19,25)(H,26,27)(H,28,29)(H,30,31). The van der Waals surface area contributed by atoms with E-state index < -0.39 is 17.9 Å². The Hall–Kier alpha value is -2.36. The van der Waals surface area contributed by atoms with Crippen molar-refractivity contribution in [2.75, 3.05) is 91.6 Å². The van der Waals surface area contributed by atoms with Gasteiger partial charge in [-0.3, -0.25) is 38.8 Å². The lowest BCUT2D eigenvalue weighted by Gasteiger charge is -2.32. The second-order valence-corrected chi connectivity index (χ2v) is 7.54. The number of carboxylic acid groups (broad SMARTS) is 3. The van der Waals surface area contributed by atoms with Crippen LogP contribution in [-0.4, -0.2) is 156 Å². The minimum atomic E-state index is -1.01. The molecule has 0 aromatic carbocycles. The van der Waals surface area contributed by atoms with Crippen molar-refractivity contribution in [2.45, 2.75) is 0 Å². The molecule has 14 heteroatoms. The van der Waals surface area contributed by atoms with E-state index in [2.05, 4.69) is 5.32 Å². The van der Waals surface area contributed by atoms with E-state index in [0.717, 1.165) is 0 Å². The van der Waals surface area contributed by atoms with Gasteiger partial charge in [0.25, 0.3) is 0 Å². The molecule has 6 N–H and O–H groups in total. The summed E-state index contributed by atoms with van der Waals surface area (Å²) in [5.74, 6) is -3.29. The van der Waals surface area contributed by atoms with E-state index in [-0.39, 0.29) is 45.2 Å². The average molecular weight is 463 g/mol. The largest absolute Gasteiger partial charge is 0.480 e. The van der Waals surface area contributed by atoms with Crippen molar-refractivity contribution in [3.63, 3.8) is 0 Å². The van der Waals surface area contributed by atoms with Crippen molar-refractivity contribution >= 4 is 23.8 Å².